The van der Waals surface area contributed by atoms with Gasteiger partial charge in [0.05, 0.1) is 17.2 Å². The average Bonchev–Trinajstić information content (AvgIpc) is 2.97. The van der Waals surface area contributed by atoms with E-state index in [1.807, 2.05) is 52.0 Å². The first-order valence-electron chi connectivity index (χ1n) is 14.2. The number of benzene rings is 3. The van der Waals surface area contributed by atoms with Crippen LogP contribution in [0.1, 0.15) is 51.2 Å². The minimum absolute atomic E-state index is 0.0111. The highest BCUT2D eigenvalue weighted by molar-refractivity contribution is 7.92. The van der Waals surface area contributed by atoms with Crippen molar-refractivity contribution in [2.45, 2.75) is 64.4 Å². The SMILES string of the molecule is CCCCNC(=O)[C@@H](CC)N(Cc1ccc(C)cc1)C(=O)CN(c1ccc(OCC)cc1)S(=O)(=O)c1ccc(Cl)cc1. The Bertz CT molecular complexity index is 1410. The summed E-state index contributed by atoms with van der Waals surface area (Å²) in [6.45, 7) is 8.30. The first-order chi connectivity index (χ1) is 20.1. The molecule has 0 unspecified atom stereocenters. The number of hydrogen-bond donors (Lipinski definition) is 1. The van der Waals surface area contributed by atoms with E-state index in [0.717, 1.165) is 28.3 Å². The van der Waals surface area contributed by atoms with Crippen molar-refractivity contribution in [3.8, 4) is 5.75 Å². The van der Waals surface area contributed by atoms with E-state index in [9.17, 15) is 18.0 Å². The van der Waals surface area contributed by atoms with E-state index in [1.54, 1.807) is 24.3 Å². The maximum Gasteiger partial charge on any atom is 0.264 e. The molecule has 0 aliphatic rings. The monoisotopic (exact) mass is 613 g/mol. The summed E-state index contributed by atoms with van der Waals surface area (Å²) in [6, 6.07) is 19.2. The molecule has 0 saturated carbocycles. The van der Waals surface area contributed by atoms with Crippen molar-refractivity contribution in [1.82, 2.24) is 10.2 Å². The zero-order chi connectivity index (χ0) is 30.7. The number of anilines is 1. The number of carbonyl (C=O) groups excluding carboxylic acids is 2. The fourth-order valence-corrected chi connectivity index (χ4v) is 5.99. The normalized spacial score (nSPS) is 11.9. The fraction of sp³-hybridized carbons (Fsp3) is 0.375. The van der Waals surface area contributed by atoms with E-state index in [1.165, 1.54) is 29.2 Å². The minimum atomic E-state index is -4.19. The summed E-state index contributed by atoms with van der Waals surface area (Å²) in [5, 5.41) is 3.33. The first kappa shape index (κ1) is 32.9. The standard InChI is InChI=1S/C32H40ClN3O5S/c1-5-8-21-34-32(38)30(6-2)35(22-25-11-9-24(4)10-12-25)31(37)23-36(27-15-17-28(18-16-27)41-7-3)42(39,40)29-19-13-26(33)14-20-29/h9-20,30H,5-8,21-23H2,1-4H3,(H,34,38)/t30-/m1/s1. The number of nitrogens with zero attached hydrogens (tertiary/aromatic N) is 2. The van der Waals surface area contributed by atoms with E-state index < -0.39 is 28.5 Å². The average molecular weight is 614 g/mol. The predicted molar refractivity (Wildman–Crippen MR) is 167 cm³/mol. The smallest absolute Gasteiger partial charge is 0.264 e. The number of amides is 2. The molecule has 0 aliphatic carbocycles. The van der Waals surface area contributed by atoms with Crippen molar-refractivity contribution >= 4 is 39.1 Å². The van der Waals surface area contributed by atoms with Gasteiger partial charge < -0.3 is 15.0 Å². The number of unbranched alkanes of at least 4 members (excludes halogenated alkanes) is 1. The number of nitrogens with one attached hydrogen (secondary N) is 1. The maximum atomic E-state index is 14.1. The van der Waals surface area contributed by atoms with Crippen LogP contribution >= 0.6 is 11.6 Å². The molecule has 3 aromatic rings. The van der Waals surface area contributed by atoms with Gasteiger partial charge in [-0.05, 0) is 80.8 Å². The lowest BCUT2D eigenvalue weighted by Crippen LogP contribution is -2.52. The second-order valence-corrected chi connectivity index (χ2v) is 12.3. The summed E-state index contributed by atoms with van der Waals surface area (Å²) in [5.74, 6) is -0.189. The van der Waals surface area contributed by atoms with Gasteiger partial charge in [-0.25, -0.2) is 8.42 Å². The Morgan fingerprint density at radius 2 is 1.57 bits per heavy atom. The van der Waals surface area contributed by atoms with Crippen LogP contribution in [0.15, 0.2) is 77.7 Å². The molecule has 0 radical (unpaired) electrons. The topological polar surface area (TPSA) is 96.0 Å². The first-order valence-corrected chi connectivity index (χ1v) is 16.1. The Labute approximate surface area is 254 Å². The highest BCUT2D eigenvalue weighted by Gasteiger charge is 2.33. The van der Waals surface area contributed by atoms with Gasteiger partial charge in [0.1, 0.15) is 18.3 Å². The van der Waals surface area contributed by atoms with Gasteiger partial charge in [0.2, 0.25) is 11.8 Å². The maximum absolute atomic E-state index is 14.1. The molecule has 0 fully saturated rings. The molecule has 8 nitrogen and oxygen atoms in total. The Kier molecular flexibility index (Phi) is 12.2. The van der Waals surface area contributed by atoms with Crippen LogP contribution in [0.5, 0.6) is 5.75 Å². The van der Waals surface area contributed by atoms with Gasteiger partial charge in [0.15, 0.2) is 0 Å². The van der Waals surface area contributed by atoms with E-state index >= 15 is 0 Å². The van der Waals surface area contributed by atoms with E-state index in [4.69, 9.17) is 16.3 Å². The van der Waals surface area contributed by atoms with Gasteiger partial charge in [-0.3, -0.25) is 13.9 Å². The molecule has 0 bridgehead atoms. The van der Waals surface area contributed by atoms with Gasteiger partial charge in [-0.15, -0.1) is 0 Å². The lowest BCUT2D eigenvalue weighted by molar-refractivity contribution is -0.140. The quantitative estimate of drug-likeness (QED) is 0.213. The Morgan fingerprint density at radius 3 is 2.14 bits per heavy atom. The molecular formula is C32H40ClN3O5S. The molecule has 1 atom stereocenters. The summed E-state index contributed by atoms with van der Waals surface area (Å²) >= 11 is 6.02. The van der Waals surface area contributed by atoms with Crippen LogP contribution in [-0.2, 0) is 26.2 Å². The number of halogens is 1. The lowest BCUT2D eigenvalue weighted by Gasteiger charge is -2.33. The van der Waals surface area contributed by atoms with Crippen molar-refractivity contribution in [3.05, 3.63) is 88.9 Å². The summed E-state index contributed by atoms with van der Waals surface area (Å²) < 4.78 is 34.5. The summed E-state index contributed by atoms with van der Waals surface area (Å²) in [7, 11) is -4.19. The molecule has 3 aromatic carbocycles. The third kappa shape index (κ3) is 8.72. The van der Waals surface area contributed by atoms with Crippen LogP contribution in [0, 0.1) is 6.92 Å². The molecule has 1 N–H and O–H groups in total. The molecule has 0 saturated heterocycles. The molecule has 0 heterocycles. The van der Waals surface area contributed by atoms with Gasteiger partial charge >= 0.3 is 0 Å². The van der Waals surface area contributed by atoms with E-state index in [-0.39, 0.29) is 23.0 Å². The molecule has 2 amide bonds. The number of hydrogen-bond acceptors (Lipinski definition) is 5. The predicted octanol–water partition coefficient (Wildman–Crippen LogP) is 5.97. The summed E-state index contributed by atoms with van der Waals surface area (Å²) in [5.41, 5.74) is 2.19. The Balaban J connectivity index is 2.03. The molecule has 0 spiro atoms. The molecular weight excluding hydrogens is 574 g/mol. The van der Waals surface area contributed by atoms with Gasteiger partial charge in [0.25, 0.3) is 10.0 Å². The zero-order valence-corrected chi connectivity index (χ0v) is 26.2. The van der Waals surface area contributed by atoms with Crippen molar-refractivity contribution in [1.29, 1.82) is 0 Å². The molecule has 10 heteroatoms. The van der Waals surface area contributed by atoms with Crippen LogP contribution < -0.4 is 14.4 Å². The van der Waals surface area contributed by atoms with Gasteiger partial charge in [-0.2, -0.15) is 0 Å². The Hall–Kier alpha value is -3.56. The van der Waals surface area contributed by atoms with Crippen LogP contribution in [0.3, 0.4) is 0 Å². The highest BCUT2D eigenvalue weighted by Crippen LogP contribution is 2.27. The zero-order valence-electron chi connectivity index (χ0n) is 24.7. The number of rotatable bonds is 15. The van der Waals surface area contributed by atoms with Crippen LogP contribution in [-0.4, -0.2) is 50.9 Å². The van der Waals surface area contributed by atoms with E-state index in [0.29, 0.717) is 30.3 Å². The van der Waals surface area contributed by atoms with Crippen molar-refractivity contribution in [3.63, 3.8) is 0 Å². The van der Waals surface area contributed by atoms with Crippen LogP contribution in [0.2, 0.25) is 5.02 Å². The van der Waals surface area contributed by atoms with Crippen LogP contribution in [0.4, 0.5) is 5.69 Å². The third-order valence-corrected chi connectivity index (χ3v) is 8.85. The minimum Gasteiger partial charge on any atom is -0.494 e. The fourth-order valence-electron chi connectivity index (χ4n) is 4.45. The molecule has 3 rings (SSSR count). The molecule has 226 valence electrons. The number of sulfonamides is 1. The lowest BCUT2D eigenvalue weighted by atomic mass is 10.1. The summed E-state index contributed by atoms with van der Waals surface area (Å²) in [6.07, 6.45) is 2.10. The number of aryl methyl sites for hydroxylation is 1. The van der Waals surface area contributed by atoms with Gasteiger partial charge in [-0.1, -0.05) is 61.7 Å². The number of ether oxygens (including phenoxy) is 1. The summed E-state index contributed by atoms with van der Waals surface area (Å²) in [4.78, 5) is 28.9. The highest BCUT2D eigenvalue weighted by atomic mass is 35.5. The largest absolute Gasteiger partial charge is 0.494 e. The van der Waals surface area contributed by atoms with E-state index in [2.05, 4.69) is 5.32 Å². The van der Waals surface area contributed by atoms with Crippen molar-refractivity contribution < 1.29 is 22.7 Å². The second-order valence-electron chi connectivity index (χ2n) is 9.97. The molecule has 0 aromatic heterocycles. The van der Waals surface area contributed by atoms with Crippen molar-refractivity contribution in [2.24, 2.45) is 0 Å². The Morgan fingerprint density at radius 1 is 0.929 bits per heavy atom. The van der Waals surface area contributed by atoms with Crippen LogP contribution in [0.25, 0.3) is 0 Å². The molecule has 42 heavy (non-hydrogen) atoms. The third-order valence-electron chi connectivity index (χ3n) is 6.81. The van der Waals surface area contributed by atoms with Crippen molar-refractivity contribution in [2.75, 3.05) is 24.0 Å². The number of carbonyl (C=O) groups is 2. The second kappa shape index (κ2) is 15.6. The van der Waals surface area contributed by atoms with Gasteiger partial charge in [0, 0.05) is 18.1 Å². The molecule has 0 aliphatic heterocycles.